The molecule has 3 rings (SSSR count). The molecule has 176 valence electrons. The summed E-state index contributed by atoms with van der Waals surface area (Å²) in [7, 11) is 2.19. The van der Waals surface area contributed by atoms with E-state index in [4.69, 9.17) is 9.26 Å². The highest BCUT2D eigenvalue weighted by atomic mass is 16.6. The van der Waals surface area contributed by atoms with Crippen molar-refractivity contribution in [2.45, 2.75) is 72.8 Å². The van der Waals surface area contributed by atoms with Crippen molar-refractivity contribution >= 4 is 11.8 Å². The number of benzene rings is 1. The van der Waals surface area contributed by atoms with Crippen LogP contribution >= 0.6 is 0 Å². The van der Waals surface area contributed by atoms with E-state index in [1.807, 2.05) is 34.6 Å². The number of hydrogen-bond acceptors (Lipinski definition) is 5. The quantitative estimate of drug-likeness (QED) is 0.592. The molecule has 6 heteroatoms. The van der Waals surface area contributed by atoms with E-state index in [0.717, 1.165) is 42.0 Å². The van der Waals surface area contributed by atoms with E-state index in [0.29, 0.717) is 18.4 Å². The van der Waals surface area contributed by atoms with Crippen molar-refractivity contribution in [2.24, 2.45) is 11.8 Å². The van der Waals surface area contributed by atoms with Crippen molar-refractivity contribution in [3.8, 4) is 11.1 Å². The Kier molecular flexibility index (Phi) is 7.52. The average Bonchev–Trinajstić information content (AvgIpc) is 3.05. The summed E-state index contributed by atoms with van der Waals surface area (Å²) in [5.74, 6) is 2.06. The number of carbonyl (C=O) groups is 1. The van der Waals surface area contributed by atoms with Crippen LogP contribution in [0.5, 0.6) is 0 Å². The van der Waals surface area contributed by atoms with E-state index in [-0.39, 0.29) is 6.09 Å². The van der Waals surface area contributed by atoms with Gasteiger partial charge in [0.25, 0.3) is 0 Å². The number of aryl methyl sites for hydroxylation is 3. The van der Waals surface area contributed by atoms with Crippen molar-refractivity contribution in [2.75, 3.05) is 25.0 Å². The zero-order chi connectivity index (χ0) is 23.5. The Morgan fingerprint density at radius 3 is 2.41 bits per heavy atom. The van der Waals surface area contributed by atoms with Gasteiger partial charge in [0.1, 0.15) is 11.4 Å². The highest BCUT2D eigenvalue weighted by molar-refractivity contribution is 5.73. The molecule has 1 heterocycles. The largest absolute Gasteiger partial charge is 0.444 e. The lowest BCUT2D eigenvalue weighted by Gasteiger charge is -2.33. The molecule has 1 aromatic carbocycles. The zero-order valence-corrected chi connectivity index (χ0v) is 20.7. The highest BCUT2D eigenvalue weighted by Crippen LogP contribution is 2.34. The van der Waals surface area contributed by atoms with Gasteiger partial charge in [0.15, 0.2) is 0 Å². The second kappa shape index (κ2) is 9.97. The number of alkyl carbamates (subject to hydrolysis) is 1. The molecule has 1 N–H and O–H groups in total. The molecular formula is C26H39N3O3. The molecule has 32 heavy (non-hydrogen) atoms. The third-order valence-corrected chi connectivity index (χ3v) is 6.37. The molecule has 1 aliphatic carbocycles. The van der Waals surface area contributed by atoms with Crippen molar-refractivity contribution < 1.29 is 14.1 Å². The van der Waals surface area contributed by atoms with E-state index >= 15 is 0 Å². The van der Waals surface area contributed by atoms with E-state index in [2.05, 4.69) is 47.5 Å². The summed E-state index contributed by atoms with van der Waals surface area (Å²) in [4.78, 5) is 14.3. The molecule has 0 saturated heterocycles. The van der Waals surface area contributed by atoms with Gasteiger partial charge in [-0.3, -0.25) is 0 Å². The first kappa shape index (κ1) is 24.1. The Morgan fingerprint density at radius 1 is 1.16 bits per heavy atom. The number of anilines is 1. The number of ether oxygens (including phenoxy) is 1. The smallest absolute Gasteiger partial charge is 0.407 e. The molecule has 1 aliphatic rings. The first-order valence-corrected chi connectivity index (χ1v) is 11.8. The monoisotopic (exact) mass is 441 g/mol. The topological polar surface area (TPSA) is 67.6 Å². The minimum atomic E-state index is -0.451. The molecule has 1 fully saturated rings. The van der Waals surface area contributed by atoms with E-state index in [1.54, 1.807) is 0 Å². The zero-order valence-electron chi connectivity index (χ0n) is 20.7. The first-order valence-electron chi connectivity index (χ1n) is 11.8. The van der Waals surface area contributed by atoms with Gasteiger partial charge >= 0.3 is 6.09 Å². The van der Waals surface area contributed by atoms with Gasteiger partial charge in [-0.2, -0.15) is 0 Å². The molecule has 0 bridgehead atoms. The Hall–Kier alpha value is -2.50. The number of amides is 1. The minimum absolute atomic E-state index is 0.312. The van der Waals surface area contributed by atoms with Gasteiger partial charge in [0, 0.05) is 31.4 Å². The number of hydrogen-bond donors (Lipinski definition) is 1. The maximum absolute atomic E-state index is 11.9. The molecule has 0 aliphatic heterocycles. The van der Waals surface area contributed by atoms with Crippen LogP contribution in [-0.4, -0.2) is 37.0 Å². The van der Waals surface area contributed by atoms with Gasteiger partial charge in [-0.05, 0) is 96.3 Å². The summed E-state index contributed by atoms with van der Waals surface area (Å²) in [5.41, 5.74) is 5.27. The van der Waals surface area contributed by atoms with Gasteiger partial charge in [0.05, 0.1) is 5.69 Å². The van der Waals surface area contributed by atoms with Crippen LogP contribution in [0.2, 0.25) is 0 Å². The summed E-state index contributed by atoms with van der Waals surface area (Å²) < 4.78 is 10.7. The fourth-order valence-electron chi connectivity index (χ4n) is 4.72. The molecule has 0 radical (unpaired) electrons. The first-order chi connectivity index (χ1) is 15.0. The summed E-state index contributed by atoms with van der Waals surface area (Å²) in [6.45, 7) is 13.5. The van der Waals surface area contributed by atoms with Crippen molar-refractivity contribution in [1.82, 2.24) is 10.5 Å². The molecule has 0 unspecified atom stereocenters. The summed E-state index contributed by atoms with van der Waals surface area (Å²) >= 11 is 0. The Bertz CT molecular complexity index is 901. The standard InChI is InChI=1S/C26H39N3O3/c1-17-8-13-22(24-18(2)28-32-19(24)3)14-23(17)29(7)16-21-11-9-20(10-12-21)15-27-25(30)31-26(4,5)6/h8,13-14,20-21H,9-12,15-16H2,1-7H3,(H,27,30). The van der Waals surface area contributed by atoms with Crippen LogP contribution in [-0.2, 0) is 4.74 Å². The summed E-state index contributed by atoms with van der Waals surface area (Å²) in [6, 6.07) is 6.60. The molecular weight excluding hydrogens is 402 g/mol. The van der Waals surface area contributed by atoms with Crippen LogP contribution in [0.15, 0.2) is 22.7 Å². The predicted molar refractivity (Wildman–Crippen MR) is 129 cm³/mol. The lowest BCUT2D eigenvalue weighted by molar-refractivity contribution is 0.0513. The van der Waals surface area contributed by atoms with Crippen LogP contribution in [0.1, 0.15) is 63.5 Å². The van der Waals surface area contributed by atoms with Crippen molar-refractivity contribution in [3.63, 3.8) is 0 Å². The van der Waals surface area contributed by atoms with E-state index in [9.17, 15) is 4.79 Å². The number of nitrogens with one attached hydrogen (secondary N) is 1. The van der Waals surface area contributed by atoms with Crippen LogP contribution in [0.4, 0.5) is 10.5 Å². The van der Waals surface area contributed by atoms with Gasteiger partial charge in [-0.25, -0.2) is 4.79 Å². The molecule has 6 nitrogen and oxygen atoms in total. The van der Waals surface area contributed by atoms with Crippen LogP contribution in [0, 0.1) is 32.6 Å². The third kappa shape index (κ3) is 6.27. The predicted octanol–water partition coefficient (Wildman–Crippen LogP) is 6.03. The van der Waals surface area contributed by atoms with Gasteiger partial charge < -0.3 is 19.5 Å². The maximum atomic E-state index is 11.9. The lowest BCUT2D eigenvalue weighted by Crippen LogP contribution is -2.37. The Morgan fingerprint density at radius 2 is 1.81 bits per heavy atom. The van der Waals surface area contributed by atoms with E-state index in [1.165, 1.54) is 24.1 Å². The lowest BCUT2D eigenvalue weighted by atomic mass is 9.81. The fraction of sp³-hybridized carbons (Fsp3) is 0.615. The van der Waals surface area contributed by atoms with Crippen LogP contribution in [0.25, 0.3) is 11.1 Å². The third-order valence-electron chi connectivity index (χ3n) is 6.37. The second-order valence-corrected chi connectivity index (χ2v) is 10.4. The molecule has 1 aromatic heterocycles. The average molecular weight is 442 g/mol. The molecule has 1 saturated carbocycles. The van der Waals surface area contributed by atoms with Crippen LogP contribution < -0.4 is 10.2 Å². The maximum Gasteiger partial charge on any atom is 0.407 e. The number of rotatable bonds is 6. The number of nitrogens with zero attached hydrogens (tertiary/aromatic N) is 2. The van der Waals surface area contributed by atoms with Crippen molar-refractivity contribution in [3.05, 3.63) is 35.2 Å². The van der Waals surface area contributed by atoms with Gasteiger partial charge in [0.2, 0.25) is 0 Å². The molecule has 1 amide bonds. The van der Waals surface area contributed by atoms with Crippen molar-refractivity contribution in [1.29, 1.82) is 0 Å². The second-order valence-electron chi connectivity index (χ2n) is 10.4. The Balaban J connectivity index is 1.53. The fourth-order valence-corrected chi connectivity index (χ4v) is 4.72. The van der Waals surface area contributed by atoms with Crippen LogP contribution in [0.3, 0.4) is 0 Å². The number of carbonyl (C=O) groups excluding carboxylic acids is 1. The SMILES string of the molecule is Cc1ccc(-c2c(C)noc2C)cc1N(C)CC1CCC(CNC(=O)OC(C)(C)C)CC1. The normalized spacial score (nSPS) is 19.0. The molecule has 0 atom stereocenters. The molecule has 2 aromatic rings. The van der Waals surface area contributed by atoms with E-state index < -0.39 is 5.60 Å². The molecule has 0 spiro atoms. The Labute approximate surface area is 192 Å². The summed E-state index contributed by atoms with van der Waals surface area (Å²) in [6.07, 6.45) is 4.35. The summed E-state index contributed by atoms with van der Waals surface area (Å²) in [5, 5.41) is 7.05. The number of aromatic nitrogens is 1. The minimum Gasteiger partial charge on any atom is -0.444 e. The highest BCUT2D eigenvalue weighted by Gasteiger charge is 2.24. The van der Waals surface area contributed by atoms with Gasteiger partial charge in [-0.1, -0.05) is 17.3 Å². The van der Waals surface area contributed by atoms with Gasteiger partial charge in [-0.15, -0.1) is 0 Å².